The molecule has 0 heterocycles. The molecule has 0 unspecified atom stereocenters. The van der Waals surface area contributed by atoms with Gasteiger partial charge in [0.25, 0.3) is 0 Å². The Bertz CT molecular complexity index is 740. The summed E-state index contributed by atoms with van der Waals surface area (Å²) in [6, 6.07) is 17.3. The monoisotopic (exact) mass is 424 g/mol. The maximum Gasteiger partial charge on any atom is 0.0412 e. The summed E-state index contributed by atoms with van der Waals surface area (Å²) in [4.78, 5) is 0. The Labute approximate surface area is 192 Å². The van der Waals surface area contributed by atoms with Crippen LogP contribution in [0, 0.1) is 0 Å². The molecule has 0 aromatic heterocycles. The zero-order valence-corrected chi connectivity index (χ0v) is 21.1. The van der Waals surface area contributed by atoms with Crippen LogP contribution in [0.4, 0.5) is 0 Å². The van der Waals surface area contributed by atoms with Crippen LogP contribution in [0.2, 0.25) is 0 Å². The zero-order chi connectivity index (χ0) is 23.3. The van der Waals surface area contributed by atoms with Gasteiger partial charge in [0.15, 0.2) is 0 Å². The van der Waals surface area contributed by atoms with Crippen LogP contribution in [0.3, 0.4) is 0 Å². The van der Waals surface area contributed by atoms with Crippen molar-refractivity contribution in [2.45, 2.75) is 110 Å². The van der Waals surface area contributed by atoms with Crippen LogP contribution in [0.1, 0.15) is 109 Å². The van der Waals surface area contributed by atoms with Crippen molar-refractivity contribution < 1.29 is 0 Å². The Kier molecular flexibility index (Phi) is 12.1. The van der Waals surface area contributed by atoms with Crippen molar-refractivity contribution in [2.75, 3.05) is 0 Å². The van der Waals surface area contributed by atoms with Gasteiger partial charge in [-0.2, -0.15) is 0 Å². The van der Waals surface area contributed by atoms with Gasteiger partial charge in [0.05, 0.1) is 0 Å². The van der Waals surface area contributed by atoms with Crippen molar-refractivity contribution in [3.8, 4) is 0 Å². The number of hydrogen-bond donors (Lipinski definition) is 2. The van der Waals surface area contributed by atoms with Crippen molar-refractivity contribution in [1.82, 2.24) is 0 Å². The average Bonchev–Trinajstić information content (AvgIpc) is 2.80. The van der Waals surface area contributed by atoms with Crippen LogP contribution in [-0.4, -0.2) is 0 Å². The Balaban J connectivity index is 0.000000316. The molecule has 31 heavy (non-hydrogen) atoms. The Morgan fingerprint density at radius 3 is 1.45 bits per heavy atom. The SMILES string of the molecule is CCCc1ccccc1C(N)(CCC)CCC.CCc1ccccc1C(N)(CC)CC. The summed E-state index contributed by atoms with van der Waals surface area (Å²) in [7, 11) is 0. The van der Waals surface area contributed by atoms with Gasteiger partial charge in [0.2, 0.25) is 0 Å². The summed E-state index contributed by atoms with van der Waals surface area (Å²) in [6.45, 7) is 13.2. The smallest absolute Gasteiger partial charge is 0.0412 e. The van der Waals surface area contributed by atoms with Gasteiger partial charge >= 0.3 is 0 Å². The van der Waals surface area contributed by atoms with Crippen LogP contribution in [0.5, 0.6) is 0 Å². The quantitative estimate of drug-likeness (QED) is 0.390. The molecule has 174 valence electrons. The standard InChI is InChI=1S/C16H27N.C13H21N/c1-4-9-14-10-7-8-11-15(14)16(17,12-5-2)13-6-3;1-4-11-9-7-8-10-12(11)13(14,5-2)6-3/h7-8,10-11H,4-6,9,12-13,17H2,1-3H3;7-10H,4-6,14H2,1-3H3. The molecule has 0 spiro atoms. The predicted octanol–water partition coefficient (Wildman–Crippen LogP) is 7.62. The van der Waals surface area contributed by atoms with Crippen LogP contribution < -0.4 is 11.5 Å². The lowest BCUT2D eigenvalue weighted by atomic mass is 9.79. The van der Waals surface area contributed by atoms with E-state index in [9.17, 15) is 0 Å². The number of rotatable bonds is 11. The van der Waals surface area contributed by atoms with E-state index in [0.717, 1.165) is 51.4 Å². The number of aryl methyl sites for hydroxylation is 2. The summed E-state index contributed by atoms with van der Waals surface area (Å²) in [5, 5.41) is 0. The lowest BCUT2D eigenvalue weighted by molar-refractivity contribution is 0.366. The third-order valence-electron chi connectivity index (χ3n) is 6.66. The Hall–Kier alpha value is -1.64. The highest BCUT2D eigenvalue weighted by molar-refractivity contribution is 5.34. The third-order valence-corrected chi connectivity index (χ3v) is 6.66. The first-order valence-electron chi connectivity index (χ1n) is 12.6. The fourth-order valence-corrected chi connectivity index (χ4v) is 4.73. The van der Waals surface area contributed by atoms with Crippen molar-refractivity contribution in [2.24, 2.45) is 11.5 Å². The molecule has 0 atom stereocenters. The van der Waals surface area contributed by atoms with Gasteiger partial charge in [-0.25, -0.2) is 0 Å². The van der Waals surface area contributed by atoms with Gasteiger partial charge in [-0.3, -0.25) is 0 Å². The minimum atomic E-state index is -0.132. The molecule has 0 bridgehead atoms. The van der Waals surface area contributed by atoms with E-state index >= 15 is 0 Å². The third kappa shape index (κ3) is 7.47. The maximum atomic E-state index is 6.67. The normalized spacial score (nSPS) is 11.7. The van der Waals surface area contributed by atoms with E-state index in [2.05, 4.69) is 90.1 Å². The first-order chi connectivity index (χ1) is 14.9. The van der Waals surface area contributed by atoms with Crippen molar-refractivity contribution in [3.05, 3.63) is 70.8 Å². The summed E-state index contributed by atoms with van der Waals surface area (Å²) in [5.74, 6) is 0. The Morgan fingerprint density at radius 1 is 0.581 bits per heavy atom. The highest BCUT2D eigenvalue weighted by Crippen LogP contribution is 2.32. The van der Waals surface area contributed by atoms with Crippen LogP contribution in [0.25, 0.3) is 0 Å². The minimum Gasteiger partial charge on any atom is -0.321 e. The molecule has 4 N–H and O–H groups in total. The average molecular weight is 425 g/mol. The van der Waals surface area contributed by atoms with Crippen LogP contribution in [-0.2, 0) is 23.9 Å². The molecule has 2 rings (SSSR count). The molecule has 0 fully saturated rings. The van der Waals surface area contributed by atoms with E-state index < -0.39 is 0 Å². The predicted molar refractivity (Wildman–Crippen MR) is 138 cm³/mol. The second-order valence-corrected chi connectivity index (χ2v) is 8.94. The molecular formula is C29H48N2. The number of nitrogens with two attached hydrogens (primary N) is 2. The fraction of sp³-hybridized carbons (Fsp3) is 0.586. The van der Waals surface area contributed by atoms with E-state index in [1.807, 2.05) is 0 Å². The van der Waals surface area contributed by atoms with Crippen molar-refractivity contribution >= 4 is 0 Å². The Morgan fingerprint density at radius 2 is 1.03 bits per heavy atom. The molecule has 0 aliphatic rings. The molecule has 2 aromatic carbocycles. The minimum absolute atomic E-state index is 0.116. The van der Waals surface area contributed by atoms with E-state index in [-0.39, 0.29) is 11.1 Å². The van der Waals surface area contributed by atoms with E-state index in [4.69, 9.17) is 11.5 Å². The number of benzene rings is 2. The molecule has 2 heteroatoms. The van der Waals surface area contributed by atoms with Gasteiger partial charge in [0, 0.05) is 11.1 Å². The summed E-state index contributed by atoms with van der Waals surface area (Å²) >= 11 is 0. The second-order valence-electron chi connectivity index (χ2n) is 8.94. The highest BCUT2D eigenvalue weighted by Gasteiger charge is 2.27. The molecular weight excluding hydrogens is 376 g/mol. The highest BCUT2D eigenvalue weighted by atomic mass is 14.7. The lowest BCUT2D eigenvalue weighted by Gasteiger charge is -2.31. The number of hydrogen-bond acceptors (Lipinski definition) is 2. The van der Waals surface area contributed by atoms with E-state index in [1.54, 1.807) is 0 Å². The second kappa shape index (κ2) is 13.7. The lowest BCUT2D eigenvalue weighted by Crippen LogP contribution is -2.37. The first-order valence-corrected chi connectivity index (χ1v) is 12.6. The topological polar surface area (TPSA) is 52.0 Å². The summed E-state index contributed by atoms with van der Waals surface area (Å²) < 4.78 is 0. The molecule has 0 aliphatic heterocycles. The van der Waals surface area contributed by atoms with E-state index in [1.165, 1.54) is 28.7 Å². The van der Waals surface area contributed by atoms with Gasteiger partial charge in [-0.1, -0.05) is 109 Å². The van der Waals surface area contributed by atoms with E-state index in [0.29, 0.717) is 0 Å². The molecule has 0 radical (unpaired) electrons. The van der Waals surface area contributed by atoms with Crippen LogP contribution in [0.15, 0.2) is 48.5 Å². The van der Waals surface area contributed by atoms with Crippen molar-refractivity contribution in [1.29, 1.82) is 0 Å². The van der Waals surface area contributed by atoms with Gasteiger partial charge in [-0.05, 0) is 60.8 Å². The molecule has 2 nitrogen and oxygen atoms in total. The molecule has 0 saturated heterocycles. The molecule has 0 aliphatic carbocycles. The maximum absolute atomic E-state index is 6.67. The summed E-state index contributed by atoms with van der Waals surface area (Å²) in [5.41, 5.74) is 18.4. The zero-order valence-electron chi connectivity index (χ0n) is 21.1. The van der Waals surface area contributed by atoms with Gasteiger partial charge in [-0.15, -0.1) is 0 Å². The van der Waals surface area contributed by atoms with Crippen molar-refractivity contribution in [3.63, 3.8) is 0 Å². The first kappa shape index (κ1) is 27.4. The van der Waals surface area contributed by atoms with Crippen LogP contribution >= 0.6 is 0 Å². The molecule has 0 amide bonds. The fourth-order valence-electron chi connectivity index (χ4n) is 4.73. The molecule has 2 aromatic rings. The largest absolute Gasteiger partial charge is 0.321 e. The van der Waals surface area contributed by atoms with Gasteiger partial charge < -0.3 is 11.5 Å². The molecule has 0 saturated carbocycles. The summed E-state index contributed by atoms with van der Waals surface area (Å²) in [6.07, 6.45) is 9.86. The van der Waals surface area contributed by atoms with Gasteiger partial charge in [0.1, 0.15) is 0 Å².